The van der Waals surface area contributed by atoms with Crippen molar-refractivity contribution in [2.24, 2.45) is 5.92 Å². The highest BCUT2D eigenvalue weighted by atomic mass is 16.5. The van der Waals surface area contributed by atoms with Crippen LogP contribution in [-0.2, 0) is 0 Å². The van der Waals surface area contributed by atoms with Crippen LogP contribution in [0, 0.1) is 12.8 Å². The van der Waals surface area contributed by atoms with Crippen molar-refractivity contribution in [1.29, 1.82) is 0 Å². The Morgan fingerprint density at radius 1 is 1.17 bits per heavy atom. The van der Waals surface area contributed by atoms with Gasteiger partial charge in [0.1, 0.15) is 11.9 Å². The molecule has 2 heteroatoms. The molecule has 1 saturated carbocycles. The molecule has 0 amide bonds. The van der Waals surface area contributed by atoms with E-state index in [0.717, 1.165) is 17.7 Å². The zero-order valence-electron chi connectivity index (χ0n) is 11.1. The molecule has 0 saturated heterocycles. The molecule has 18 heavy (non-hydrogen) atoms. The zero-order chi connectivity index (χ0) is 12.5. The van der Waals surface area contributed by atoms with Crippen LogP contribution < -0.4 is 4.74 Å². The molecular weight excluding hydrogens is 224 g/mol. The summed E-state index contributed by atoms with van der Waals surface area (Å²) >= 11 is 0. The van der Waals surface area contributed by atoms with E-state index in [0.29, 0.717) is 5.92 Å². The van der Waals surface area contributed by atoms with Gasteiger partial charge in [-0.15, -0.1) is 0 Å². The van der Waals surface area contributed by atoms with Gasteiger partial charge < -0.3 is 9.84 Å². The average Bonchev–Trinajstić information content (AvgIpc) is 2.40. The summed E-state index contributed by atoms with van der Waals surface area (Å²) in [6.07, 6.45) is 7.17. The number of rotatable bonds is 1. The quantitative estimate of drug-likeness (QED) is 0.817. The molecule has 1 heterocycles. The van der Waals surface area contributed by atoms with E-state index in [2.05, 4.69) is 19.1 Å². The predicted molar refractivity (Wildman–Crippen MR) is 71.7 cm³/mol. The predicted octanol–water partition coefficient (Wildman–Crippen LogP) is 3.76. The lowest BCUT2D eigenvalue weighted by Crippen LogP contribution is -2.34. The highest BCUT2D eigenvalue weighted by molar-refractivity contribution is 5.40. The largest absolute Gasteiger partial charge is 0.490 e. The van der Waals surface area contributed by atoms with Crippen LogP contribution >= 0.6 is 0 Å². The van der Waals surface area contributed by atoms with E-state index in [1.54, 1.807) is 0 Å². The topological polar surface area (TPSA) is 29.5 Å². The lowest BCUT2D eigenvalue weighted by Gasteiger charge is -2.36. The molecule has 0 radical (unpaired) electrons. The first kappa shape index (κ1) is 12.0. The number of hydrogen-bond acceptors (Lipinski definition) is 2. The Hall–Kier alpha value is -1.02. The molecule has 1 unspecified atom stereocenters. The van der Waals surface area contributed by atoms with Crippen molar-refractivity contribution in [3.8, 4) is 5.75 Å². The third kappa shape index (κ3) is 2.26. The molecule has 2 nitrogen and oxygen atoms in total. The number of ether oxygens (including phenoxy) is 1. The molecule has 98 valence electrons. The standard InChI is InChI=1S/C16H22O2/c1-11-7-8-15-13(9-11)14(17)10-16(18-15)12-5-3-2-4-6-12/h7-9,12,14,16-17H,2-6,10H2,1H3/t14-,16?/m0/s1. The summed E-state index contributed by atoms with van der Waals surface area (Å²) in [5.41, 5.74) is 2.16. The van der Waals surface area contributed by atoms with Crippen LogP contribution in [0.4, 0.5) is 0 Å². The van der Waals surface area contributed by atoms with Crippen LogP contribution in [0.15, 0.2) is 18.2 Å². The summed E-state index contributed by atoms with van der Waals surface area (Å²) in [5.74, 6) is 1.54. The van der Waals surface area contributed by atoms with Crippen molar-refractivity contribution in [2.45, 2.75) is 57.7 Å². The monoisotopic (exact) mass is 246 g/mol. The normalized spacial score (nSPS) is 28.6. The van der Waals surface area contributed by atoms with E-state index in [1.165, 1.54) is 37.7 Å². The Labute approximate surface area is 109 Å². The van der Waals surface area contributed by atoms with Crippen LogP contribution in [0.5, 0.6) is 5.75 Å². The second-order valence-electron chi connectivity index (χ2n) is 5.85. The van der Waals surface area contributed by atoms with Crippen LogP contribution in [0.2, 0.25) is 0 Å². The minimum Gasteiger partial charge on any atom is -0.490 e. The van der Waals surface area contributed by atoms with Crippen molar-refractivity contribution in [1.82, 2.24) is 0 Å². The van der Waals surface area contributed by atoms with E-state index >= 15 is 0 Å². The smallest absolute Gasteiger partial charge is 0.125 e. The summed E-state index contributed by atoms with van der Waals surface area (Å²) in [4.78, 5) is 0. The molecule has 3 rings (SSSR count). The van der Waals surface area contributed by atoms with Gasteiger partial charge in [0.25, 0.3) is 0 Å². The van der Waals surface area contributed by atoms with Crippen LogP contribution in [0.3, 0.4) is 0 Å². The van der Waals surface area contributed by atoms with Crippen molar-refractivity contribution in [2.75, 3.05) is 0 Å². The van der Waals surface area contributed by atoms with Crippen LogP contribution in [-0.4, -0.2) is 11.2 Å². The summed E-state index contributed by atoms with van der Waals surface area (Å²) in [7, 11) is 0. The number of hydrogen-bond donors (Lipinski definition) is 1. The molecule has 1 aliphatic heterocycles. The van der Waals surface area contributed by atoms with Crippen LogP contribution in [0.1, 0.15) is 55.8 Å². The minimum atomic E-state index is -0.347. The Kier molecular flexibility index (Phi) is 3.29. The Bertz CT molecular complexity index is 421. The number of benzene rings is 1. The maximum Gasteiger partial charge on any atom is 0.125 e. The SMILES string of the molecule is Cc1ccc2c(c1)[C@@H](O)CC(C1CCCCC1)O2. The molecular formula is C16H22O2. The molecule has 0 bridgehead atoms. The van der Waals surface area contributed by atoms with Gasteiger partial charge in [0.15, 0.2) is 0 Å². The number of fused-ring (bicyclic) bond motifs is 1. The molecule has 1 aromatic rings. The first-order chi connectivity index (χ1) is 8.74. The second-order valence-corrected chi connectivity index (χ2v) is 5.85. The minimum absolute atomic E-state index is 0.218. The van der Waals surface area contributed by atoms with E-state index in [-0.39, 0.29) is 12.2 Å². The van der Waals surface area contributed by atoms with Gasteiger partial charge in [-0.1, -0.05) is 30.9 Å². The fourth-order valence-electron chi connectivity index (χ4n) is 3.39. The summed E-state index contributed by atoms with van der Waals surface area (Å²) in [5, 5.41) is 10.3. The third-order valence-corrected chi connectivity index (χ3v) is 4.43. The van der Waals surface area contributed by atoms with Crippen molar-refractivity contribution >= 4 is 0 Å². The number of aryl methyl sites for hydroxylation is 1. The zero-order valence-corrected chi connectivity index (χ0v) is 11.1. The Balaban J connectivity index is 1.80. The number of aliphatic hydroxyl groups is 1. The van der Waals surface area contributed by atoms with Crippen LogP contribution in [0.25, 0.3) is 0 Å². The van der Waals surface area contributed by atoms with E-state index in [1.807, 2.05) is 6.07 Å². The molecule has 1 aromatic carbocycles. The molecule has 1 aliphatic carbocycles. The second kappa shape index (κ2) is 4.93. The average molecular weight is 246 g/mol. The van der Waals surface area contributed by atoms with Gasteiger partial charge >= 0.3 is 0 Å². The molecule has 1 N–H and O–H groups in total. The van der Waals surface area contributed by atoms with E-state index in [4.69, 9.17) is 4.74 Å². The lowest BCUT2D eigenvalue weighted by atomic mass is 9.81. The van der Waals surface area contributed by atoms with Gasteiger partial charge in [0, 0.05) is 12.0 Å². The van der Waals surface area contributed by atoms with Gasteiger partial charge in [-0.25, -0.2) is 0 Å². The molecule has 2 atom stereocenters. The van der Waals surface area contributed by atoms with E-state index < -0.39 is 0 Å². The van der Waals surface area contributed by atoms with E-state index in [9.17, 15) is 5.11 Å². The number of aliphatic hydroxyl groups excluding tert-OH is 1. The highest BCUT2D eigenvalue weighted by Crippen LogP contribution is 2.40. The molecule has 0 spiro atoms. The highest BCUT2D eigenvalue weighted by Gasteiger charge is 2.33. The third-order valence-electron chi connectivity index (χ3n) is 4.43. The fraction of sp³-hybridized carbons (Fsp3) is 0.625. The van der Waals surface area contributed by atoms with Gasteiger partial charge in [-0.2, -0.15) is 0 Å². The lowest BCUT2D eigenvalue weighted by molar-refractivity contribution is 0.0233. The van der Waals surface area contributed by atoms with Crippen molar-refractivity contribution in [3.05, 3.63) is 29.3 Å². The van der Waals surface area contributed by atoms with Gasteiger partial charge in [-0.05, 0) is 37.8 Å². The Morgan fingerprint density at radius 3 is 2.72 bits per heavy atom. The van der Waals surface area contributed by atoms with Gasteiger partial charge in [0.2, 0.25) is 0 Å². The first-order valence-corrected chi connectivity index (χ1v) is 7.19. The summed E-state index contributed by atoms with van der Waals surface area (Å²) in [6, 6.07) is 6.13. The maximum atomic E-state index is 10.3. The molecule has 2 aliphatic rings. The molecule has 0 aromatic heterocycles. The fourth-order valence-corrected chi connectivity index (χ4v) is 3.39. The van der Waals surface area contributed by atoms with Crippen molar-refractivity contribution in [3.63, 3.8) is 0 Å². The van der Waals surface area contributed by atoms with Gasteiger partial charge in [-0.3, -0.25) is 0 Å². The maximum absolute atomic E-state index is 10.3. The first-order valence-electron chi connectivity index (χ1n) is 7.19. The Morgan fingerprint density at radius 2 is 1.94 bits per heavy atom. The molecule has 1 fully saturated rings. The van der Waals surface area contributed by atoms with Gasteiger partial charge in [0.05, 0.1) is 6.10 Å². The summed E-state index contributed by atoms with van der Waals surface area (Å²) in [6.45, 7) is 2.06. The summed E-state index contributed by atoms with van der Waals surface area (Å²) < 4.78 is 6.14. The van der Waals surface area contributed by atoms with Crippen molar-refractivity contribution < 1.29 is 9.84 Å².